The van der Waals surface area contributed by atoms with Crippen molar-refractivity contribution in [3.63, 3.8) is 0 Å². The molecule has 6 nitrogen and oxygen atoms in total. The largest absolute Gasteiger partial charge is 0.461 e. The van der Waals surface area contributed by atoms with E-state index in [9.17, 15) is 13.2 Å². The Morgan fingerprint density at radius 2 is 1.89 bits per heavy atom. The fourth-order valence-electron chi connectivity index (χ4n) is 3.46. The molecule has 150 valence electrons. The van der Waals surface area contributed by atoms with Gasteiger partial charge in [0.25, 0.3) is 10.0 Å². The van der Waals surface area contributed by atoms with Gasteiger partial charge in [-0.1, -0.05) is 6.92 Å². The molecular formula is C20H24N2O4S2. The van der Waals surface area contributed by atoms with Crippen molar-refractivity contribution < 1.29 is 17.6 Å². The van der Waals surface area contributed by atoms with Gasteiger partial charge in [-0.15, -0.1) is 11.3 Å². The van der Waals surface area contributed by atoms with E-state index < -0.39 is 10.0 Å². The third-order valence-electron chi connectivity index (χ3n) is 5.37. The van der Waals surface area contributed by atoms with E-state index in [4.69, 9.17) is 4.42 Å². The summed E-state index contributed by atoms with van der Waals surface area (Å²) in [6, 6.07) is 7.33. The lowest BCUT2D eigenvalue weighted by Gasteiger charge is -2.33. The molecule has 8 heteroatoms. The van der Waals surface area contributed by atoms with E-state index in [1.165, 1.54) is 21.7 Å². The molecule has 2 fully saturated rings. The van der Waals surface area contributed by atoms with Gasteiger partial charge in [0.2, 0.25) is 5.91 Å². The Labute approximate surface area is 169 Å². The Bertz CT molecular complexity index is 997. The summed E-state index contributed by atoms with van der Waals surface area (Å²) in [5.41, 5.74) is 0. The van der Waals surface area contributed by atoms with E-state index >= 15 is 0 Å². The first-order valence-corrected chi connectivity index (χ1v) is 11.7. The van der Waals surface area contributed by atoms with Gasteiger partial charge < -0.3 is 9.32 Å². The highest BCUT2D eigenvalue weighted by Gasteiger charge is 2.36. The molecule has 2 aromatic rings. The average molecular weight is 421 g/mol. The first-order chi connectivity index (χ1) is 13.3. The van der Waals surface area contributed by atoms with Crippen molar-refractivity contribution in [2.75, 3.05) is 26.2 Å². The van der Waals surface area contributed by atoms with Crippen molar-refractivity contribution in [3.05, 3.63) is 46.7 Å². The first-order valence-electron chi connectivity index (χ1n) is 9.48. The van der Waals surface area contributed by atoms with Gasteiger partial charge in [0.15, 0.2) is 0 Å². The number of aryl methyl sites for hydroxylation is 1. The van der Waals surface area contributed by atoms with Gasteiger partial charge in [-0.3, -0.25) is 4.79 Å². The van der Waals surface area contributed by atoms with Crippen molar-refractivity contribution in [2.45, 2.75) is 30.4 Å². The zero-order valence-electron chi connectivity index (χ0n) is 16.0. The van der Waals surface area contributed by atoms with Crippen molar-refractivity contribution in [1.82, 2.24) is 9.21 Å². The first kappa shape index (κ1) is 19.4. The molecule has 0 spiro atoms. The van der Waals surface area contributed by atoms with Gasteiger partial charge in [-0.05, 0) is 49.6 Å². The molecule has 2 unspecified atom stereocenters. The number of nitrogens with zero attached hydrogens (tertiary/aromatic N) is 2. The third-order valence-corrected chi connectivity index (χ3v) is 8.74. The van der Waals surface area contributed by atoms with Gasteiger partial charge in [0.05, 0.1) is 0 Å². The zero-order chi connectivity index (χ0) is 19.9. The molecule has 1 saturated heterocycles. The highest BCUT2D eigenvalue weighted by Crippen LogP contribution is 2.47. The van der Waals surface area contributed by atoms with Crippen molar-refractivity contribution in [2.24, 2.45) is 5.92 Å². The SMILES string of the molecule is Cc1ccc(S(=O)(=O)N2CCN(C(=O)/C=C/c3ccc(C4CC4C)o3)CC2)s1. The molecule has 2 atom stereocenters. The van der Waals surface area contributed by atoms with E-state index in [1.54, 1.807) is 17.0 Å². The smallest absolute Gasteiger partial charge is 0.252 e. The molecule has 0 N–H and O–H groups in total. The molecule has 4 rings (SSSR count). The summed E-state index contributed by atoms with van der Waals surface area (Å²) in [5.74, 6) is 2.73. The molecule has 1 amide bonds. The van der Waals surface area contributed by atoms with E-state index in [0.717, 1.165) is 17.1 Å². The number of carbonyl (C=O) groups is 1. The molecule has 3 heterocycles. The van der Waals surface area contributed by atoms with Gasteiger partial charge in [-0.2, -0.15) is 4.31 Å². The lowest BCUT2D eigenvalue weighted by Crippen LogP contribution is -2.50. The van der Waals surface area contributed by atoms with Crippen LogP contribution >= 0.6 is 11.3 Å². The molecular weight excluding hydrogens is 396 g/mol. The summed E-state index contributed by atoms with van der Waals surface area (Å²) in [7, 11) is -3.47. The van der Waals surface area contributed by atoms with E-state index in [0.29, 0.717) is 48.0 Å². The number of thiophene rings is 1. The minimum Gasteiger partial charge on any atom is -0.461 e. The number of rotatable bonds is 5. The lowest BCUT2D eigenvalue weighted by molar-refractivity contribution is -0.127. The highest BCUT2D eigenvalue weighted by molar-refractivity contribution is 7.91. The maximum Gasteiger partial charge on any atom is 0.252 e. The molecule has 0 bridgehead atoms. The summed E-state index contributed by atoms with van der Waals surface area (Å²) in [5, 5.41) is 0. The standard InChI is InChI=1S/C20H24N2O4S2/c1-14-13-17(14)18-6-4-16(26-18)5-7-19(23)21-9-11-22(12-10-21)28(24,25)20-8-3-15(2)27-20/h3-8,14,17H,9-13H2,1-2H3/b7-5+. The number of furan rings is 1. The van der Waals surface area contributed by atoms with Crippen LogP contribution in [0.5, 0.6) is 0 Å². The topological polar surface area (TPSA) is 70.8 Å². The van der Waals surface area contributed by atoms with Gasteiger partial charge in [0.1, 0.15) is 15.7 Å². The number of hydrogen-bond donors (Lipinski definition) is 0. The number of sulfonamides is 1. The van der Waals surface area contributed by atoms with Crippen LogP contribution in [0.25, 0.3) is 6.08 Å². The number of amides is 1. The normalized spacial score (nSPS) is 23.4. The highest BCUT2D eigenvalue weighted by atomic mass is 32.2. The monoisotopic (exact) mass is 420 g/mol. The molecule has 1 aliphatic heterocycles. The van der Waals surface area contributed by atoms with E-state index in [2.05, 4.69) is 6.92 Å². The minimum atomic E-state index is -3.47. The molecule has 2 aromatic heterocycles. The number of hydrogen-bond acceptors (Lipinski definition) is 5. The second-order valence-corrected chi connectivity index (χ2v) is 10.9. The summed E-state index contributed by atoms with van der Waals surface area (Å²) in [6.45, 7) is 5.48. The number of carbonyl (C=O) groups excluding carboxylic acids is 1. The third kappa shape index (κ3) is 3.94. The molecule has 0 aromatic carbocycles. The van der Waals surface area contributed by atoms with Crippen LogP contribution in [0.4, 0.5) is 0 Å². The molecule has 1 saturated carbocycles. The van der Waals surface area contributed by atoms with Gasteiger partial charge in [-0.25, -0.2) is 8.42 Å². The van der Waals surface area contributed by atoms with Crippen LogP contribution in [0.15, 0.2) is 39.0 Å². The van der Waals surface area contributed by atoms with Crippen LogP contribution < -0.4 is 0 Å². The van der Waals surface area contributed by atoms with Crippen LogP contribution in [0, 0.1) is 12.8 Å². The number of piperazine rings is 1. The fourth-order valence-corrected chi connectivity index (χ4v) is 6.32. The maximum atomic E-state index is 12.7. The fraction of sp³-hybridized carbons (Fsp3) is 0.450. The van der Waals surface area contributed by atoms with Gasteiger partial charge >= 0.3 is 0 Å². The van der Waals surface area contributed by atoms with Crippen molar-refractivity contribution in [1.29, 1.82) is 0 Å². The Hall–Kier alpha value is -1.90. The quantitative estimate of drug-likeness (QED) is 0.696. The van der Waals surface area contributed by atoms with Crippen LogP contribution in [0.2, 0.25) is 0 Å². The second-order valence-electron chi connectivity index (χ2n) is 7.49. The van der Waals surface area contributed by atoms with Crippen LogP contribution in [-0.2, 0) is 14.8 Å². The minimum absolute atomic E-state index is 0.123. The lowest BCUT2D eigenvalue weighted by atomic mass is 10.3. The average Bonchev–Trinajstić information content (AvgIpc) is 3.07. The van der Waals surface area contributed by atoms with Crippen LogP contribution in [-0.4, -0.2) is 49.7 Å². The maximum absolute atomic E-state index is 12.7. The Morgan fingerprint density at radius 3 is 2.50 bits per heavy atom. The van der Waals surface area contributed by atoms with E-state index in [1.807, 2.05) is 25.1 Å². The molecule has 1 aliphatic carbocycles. The predicted octanol–water partition coefficient (Wildman–Crippen LogP) is 3.32. The zero-order valence-corrected chi connectivity index (χ0v) is 17.6. The molecule has 0 radical (unpaired) electrons. The Kier molecular flexibility index (Phi) is 5.20. The molecule has 28 heavy (non-hydrogen) atoms. The molecule has 2 aliphatic rings. The Balaban J connectivity index is 1.33. The summed E-state index contributed by atoms with van der Waals surface area (Å²) in [4.78, 5) is 15.1. The predicted molar refractivity (Wildman–Crippen MR) is 109 cm³/mol. The summed E-state index contributed by atoms with van der Waals surface area (Å²) >= 11 is 1.28. The summed E-state index contributed by atoms with van der Waals surface area (Å²) < 4.78 is 33.0. The second kappa shape index (κ2) is 7.50. The van der Waals surface area contributed by atoms with E-state index in [-0.39, 0.29) is 5.91 Å². The summed E-state index contributed by atoms with van der Waals surface area (Å²) in [6.07, 6.45) is 4.36. The van der Waals surface area contributed by atoms with Crippen molar-refractivity contribution >= 4 is 33.3 Å². The van der Waals surface area contributed by atoms with Crippen LogP contribution in [0.3, 0.4) is 0 Å². The van der Waals surface area contributed by atoms with Crippen LogP contribution in [0.1, 0.15) is 35.7 Å². The van der Waals surface area contributed by atoms with Gasteiger partial charge in [0, 0.05) is 43.1 Å². The Morgan fingerprint density at radius 1 is 1.18 bits per heavy atom. The van der Waals surface area contributed by atoms with Crippen molar-refractivity contribution in [3.8, 4) is 0 Å².